The van der Waals surface area contributed by atoms with Crippen molar-refractivity contribution in [2.45, 2.75) is 70.0 Å². The van der Waals surface area contributed by atoms with Gasteiger partial charge in [-0.3, -0.25) is 9.59 Å². The standard InChI is InChI=1S/C21H29N3O2/c22-17-7-11-19(12-8-17)24(21(26)16-5-6-16)13-14-1-9-18(10-2-14)23-20(25)15-3-4-15/h1-2,9-10,15-17,19H,3-8,11-13,22H2,(H,23,25). The lowest BCUT2D eigenvalue weighted by Gasteiger charge is -2.36. The molecule has 1 aromatic rings. The van der Waals surface area contributed by atoms with Crippen LogP contribution in [0.15, 0.2) is 24.3 Å². The molecule has 0 unspecified atom stereocenters. The van der Waals surface area contributed by atoms with E-state index in [0.29, 0.717) is 24.5 Å². The third-order valence-corrected chi connectivity index (χ3v) is 5.91. The molecule has 0 saturated heterocycles. The van der Waals surface area contributed by atoms with E-state index in [0.717, 1.165) is 62.6 Å². The third kappa shape index (κ3) is 4.26. The van der Waals surface area contributed by atoms with Gasteiger partial charge in [-0.2, -0.15) is 0 Å². The minimum atomic E-state index is 0.127. The summed E-state index contributed by atoms with van der Waals surface area (Å²) in [6, 6.07) is 8.57. The van der Waals surface area contributed by atoms with Crippen LogP contribution in [0.2, 0.25) is 0 Å². The summed E-state index contributed by atoms with van der Waals surface area (Å²) in [4.78, 5) is 26.8. The Morgan fingerprint density at radius 2 is 1.54 bits per heavy atom. The summed E-state index contributed by atoms with van der Waals surface area (Å²) in [5.41, 5.74) is 8.01. The smallest absolute Gasteiger partial charge is 0.227 e. The topological polar surface area (TPSA) is 75.4 Å². The van der Waals surface area contributed by atoms with Crippen molar-refractivity contribution in [3.05, 3.63) is 29.8 Å². The number of nitrogens with zero attached hydrogens (tertiary/aromatic N) is 1. The molecule has 0 spiro atoms. The quantitative estimate of drug-likeness (QED) is 0.823. The van der Waals surface area contributed by atoms with Gasteiger partial charge >= 0.3 is 0 Å². The largest absolute Gasteiger partial charge is 0.335 e. The molecule has 0 aromatic heterocycles. The Bertz CT molecular complexity index is 656. The molecule has 0 heterocycles. The van der Waals surface area contributed by atoms with Crippen molar-refractivity contribution < 1.29 is 9.59 Å². The molecule has 0 bridgehead atoms. The van der Waals surface area contributed by atoms with E-state index in [1.807, 2.05) is 24.3 Å². The minimum Gasteiger partial charge on any atom is -0.335 e. The second kappa shape index (κ2) is 7.39. The minimum absolute atomic E-state index is 0.127. The summed E-state index contributed by atoms with van der Waals surface area (Å²) in [5, 5.41) is 2.97. The Labute approximate surface area is 155 Å². The number of benzene rings is 1. The monoisotopic (exact) mass is 355 g/mol. The van der Waals surface area contributed by atoms with Crippen LogP contribution in [0.5, 0.6) is 0 Å². The summed E-state index contributed by atoms with van der Waals surface area (Å²) in [5.74, 6) is 0.889. The number of anilines is 1. The van der Waals surface area contributed by atoms with Crippen molar-refractivity contribution in [3.8, 4) is 0 Å². The number of amides is 2. The number of nitrogens with two attached hydrogens (primary N) is 1. The van der Waals surface area contributed by atoms with Crippen LogP contribution in [-0.2, 0) is 16.1 Å². The maximum Gasteiger partial charge on any atom is 0.227 e. The average molecular weight is 355 g/mol. The second-order valence-electron chi connectivity index (χ2n) is 8.27. The maximum atomic E-state index is 12.8. The number of hydrogen-bond acceptors (Lipinski definition) is 3. The van der Waals surface area contributed by atoms with Gasteiger partial charge in [0.25, 0.3) is 0 Å². The summed E-state index contributed by atoms with van der Waals surface area (Å²) < 4.78 is 0. The van der Waals surface area contributed by atoms with E-state index >= 15 is 0 Å². The molecule has 3 N–H and O–H groups in total. The first-order valence-corrected chi connectivity index (χ1v) is 10.1. The van der Waals surface area contributed by atoms with Gasteiger partial charge in [0.05, 0.1) is 0 Å². The van der Waals surface area contributed by atoms with Crippen molar-refractivity contribution >= 4 is 17.5 Å². The van der Waals surface area contributed by atoms with E-state index in [9.17, 15) is 9.59 Å². The number of nitrogens with one attached hydrogen (secondary N) is 1. The van der Waals surface area contributed by atoms with Crippen molar-refractivity contribution in [2.75, 3.05) is 5.32 Å². The lowest BCUT2D eigenvalue weighted by Crippen LogP contribution is -2.44. The molecular formula is C21H29N3O2. The van der Waals surface area contributed by atoms with E-state index < -0.39 is 0 Å². The Morgan fingerprint density at radius 3 is 2.12 bits per heavy atom. The lowest BCUT2D eigenvalue weighted by molar-refractivity contribution is -0.136. The van der Waals surface area contributed by atoms with Crippen molar-refractivity contribution in [3.63, 3.8) is 0 Å². The number of carbonyl (C=O) groups is 2. The summed E-state index contributed by atoms with van der Waals surface area (Å²) in [6.45, 7) is 0.659. The van der Waals surface area contributed by atoms with Gasteiger partial charge in [0.1, 0.15) is 0 Å². The molecule has 0 atom stereocenters. The Balaban J connectivity index is 1.41. The number of carbonyl (C=O) groups excluding carboxylic acids is 2. The summed E-state index contributed by atoms with van der Waals surface area (Å²) in [7, 11) is 0. The number of hydrogen-bond donors (Lipinski definition) is 2. The average Bonchev–Trinajstić information content (AvgIpc) is 3.54. The van der Waals surface area contributed by atoms with E-state index in [2.05, 4.69) is 10.2 Å². The molecule has 5 heteroatoms. The molecule has 3 saturated carbocycles. The molecule has 1 aromatic carbocycles. The first kappa shape index (κ1) is 17.5. The van der Waals surface area contributed by atoms with E-state index in [1.54, 1.807) is 0 Å². The fourth-order valence-electron chi connectivity index (χ4n) is 3.85. The van der Waals surface area contributed by atoms with Gasteiger partial charge in [-0.25, -0.2) is 0 Å². The first-order chi connectivity index (χ1) is 12.6. The van der Waals surface area contributed by atoms with Crippen LogP contribution in [-0.4, -0.2) is 28.8 Å². The molecule has 3 aliphatic rings. The first-order valence-electron chi connectivity index (χ1n) is 10.1. The zero-order valence-electron chi connectivity index (χ0n) is 15.3. The van der Waals surface area contributed by atoms with Crippen molar-refractivity contribution in [1.29, 1.82) is 0 Å². The van der Waals surface area contributed by atoms with E-state index in [-0.39, 0.29) is 17.7 Å². The van der Waals surface area contributed by atoms with Gasteiger partial charge in [-0.1, -0.05) is 12.1 Å². The van der Waals surface area contributed by atoms with Gasteiger partial charge in [0.2, 0.25) is 11.8 Å². The van der Waals surface area contributed by atoms with Crippen LogP contribution in [0.3, 0.4) is 0 Å². The highest BCUT2D eigenvalue weighted by Crippen LogP contribution is 2.34. The van der Waals surface area contributed by atoms with Crippen LogP contribution < -0.4 is 11.1 Å². The molecule has 140 valence electrons. The highest BCUT2D eigenvalue weighted by Gasteiger charge is 2.37. The van der Waals surface area contributed by atoms with Crippen molar-refractivity contribution in [2.24, 2.45) is 17.6 Å². The number of rotatable bonds is 6. The van der Waals surface area contributed by atoms with Crippen LogP contribution in [0.25, 0.3) is 0 Å². The highest BCUT2D eigenvalue weighted by atomic mass is 16.2. The fraction of sp³-hybridized carbons (Fsp3) is 0.619. The zero-order valence-corrected chi connectivity index (χ0v) is 15.3. The van der Waals surface area contributed by atoms with Gasteiger partial charge in [-0.15, -0.1) is 0 Å². The van der Waals surface area contributed by atoms with Gasteiger partial charge in [-0.05, 0) is 69.1 Å². The van der Waals surface area contributed by atoms with Crippen LogP contribution in [0, 0.1) is 11.8 Å². The normalized spacial score (nSPS) is 25.6. The predicted octanol–water partition coefficient (Wildman–Crippen LogP) is 3.04. The van der Waals surface area contributed by atoms with E-state index in [1.165, 1.54) is 0 Å². The Morgan fingerprint density at radius 1 is 0.923 bits per heavy atom. The van der Waals surface area contributed by atoms with Crippen molar-refractivity contribution in [1.82, 2.24) is 4.90 Å². The molecule has 26 heavy (non-hydrogen) atoms. The highest BCUT2D eigenvalue weighted by molar-refractivity contribution is 5.94. The van der Waals surface area contributed by atoms with Crippen LogP contribution in [0.4, 0.5) is 5.69 Å². The molecule has 5 nitrogen and oxygen atoms in total. The van der Waals surface area contributed by atoms with Gasteiger partial charge in [0, 0.05) is 36.2 Å². The fourth-order valence-corrected chi connectivity index (χ4v) is 3.85. The second-order valence-corrected chi connectivity index (χ2v) is 8.27. The molecule has 4 rings (SSSR count). The van der Waals surface area contributed by atoms with Crippen LogP contribution in [0.1, 0.15) is 56.9 Å². The third-order valence-electron chi connectivity index (χ3n) is 5.91. The molecular weight excluding hydrogens is 326 g/mol. The van der Waals surface area contributed by atoms with Gasteiger partial charge < -0.3 is 16.0 Å². The SMILES string of the molecule is NC1CCC(N(Cc2ccc(NC(=O)C3CC3)cc2)C(=O)C2CC2)CC1. The molecule has 2 amide bonds. The Hall–Kier alpha value is -1.88. The van der Waals surface area contributed by atoms with Crippen LogP contribution >= 0.6 is 0 Å². The van der Waals surface area contributed by atoms with Gasteiger partial charge in [0.15, 0.2) is 0 Å². The Kier molecular flexibility index (Phi) is 4.98. The summed E-state index contributed by atoms with van der Waals surface area (Å²) >= 11 is 0. The maximum absolute atomic E-state index is 12.8. The molecule has 3 aliphatic carbocycles. The zero-order chi connectivity index (χ0) is 18.1. The predicted molar refractivity (Wildman–Crippen MR) is 101 cm³/mol. The molecule has 0 radical (unpaired) electrons. The summed E-state index contributed by atoms with van der Waals surface area (Å²) in [6.07, 6.45) is 8.11. The lowest BCUT2D eigenvalue weighted by atomic mass is 9.90. The van der Waals surface area contributed by atoms with E-state index in [4.69, 9.17) is 5.73 Å². The molecule has 3 fully saturated rings. The molecule has 0 aliphatic heterocycles.